The van der Waals surface area contributed by atoms with Crippen molar-refractivity contribution in [3.8, 4) is 0 Å². The van der Waals surface area contributed by atoms with E-state index in [-0.39, 0.29) is 12.1 Å². The smallest absolute Gasteiger partial charge is 0.377 e. The molecule has 0 aliphatic rings. The molecule has 1 N–H and O–H groups in total. The number of nitrogens with zero attached hydrogens (tertiary/aromatic N) is 1. The summed E-state index contributed by atoms with van der Waals surface area (Å²) >= 11 is 12.1. The number of halogens is 3. The summed E-state index contributed by atoms with van der Waals surface area (Å²) in [5.74, 6) is -3.46. The van der Waals surface area contributed by atoms with Gasteiger partial charge in [0.25, 0.3) is 5.78 Å². The molecule has 0 radical (unpaired) electrons. The largest absolute Gasteiger partial charge is 0.475 e. The van der Waals surface area contributed by atoms with Crippen LogP contribution in [0.4, 0.5) is 4.39 Å². The van der Waals surface area contributed by atoms with E-state index >= 15 is 0 Å². The molecule has 0 aliphatic heterocycles. The Balaban J connectivity index is 2.22. The number of aliphatic carboxylic acids is 1. The summed E-state index contributed by atoms with van der Waals surface area (Å²) in [7, 11) is 0. The standard InChI is InChI=1S/C18H12Cl2FNO3/c1-9-7-22(8-10-2-3-11(19)4-15(10)20)16-13(9)5-12(21)6-14(16)17(23)18(24)25/h2-7H,8H2,1H3,(H,24,25). The number of hydrogen-bond donors (Lipinski definition) is 1. The topological polar surface area (TPSA) is 59.3 Å². The van der Waals surface area contributed by atoms with Gasteiger partial charge in [0.2, 0.25) is 0 Å². The number of Topliss-reactive ketones (excluding diaryl/α,β-unsaturated/α-hetero) is 1. The van der Waals surface area contributed by atoms with Gasteiger partial charge in [0.15, 0.2) is 0 Å². The highest BCUT2D eigenvalue weighted by Gasteiger charge is 2.22. The molecule has 0 bridgehead atoms. The Hall–Kier alpha value is -2.37. The molecule has 0 atom stereocenters. The second-order valence-electron chi connectivity index (χ2n) is 5.66. The fourth-order valence-electron chi connectivity index (χ4n) is 2.82. The number of ketones is 1. The molecule has 0 spiro atoms. The van der Waals surface area contributed by atoms with Gasteiger partial charge in [0.05, 0.1) is 11.1 Å². The van der Waals surface area contributed by atoms with Crippen LogP contribution in [0.2, 0.25) is 10.0 Å². The first-order valence-electron chi connectivity index (χ1n) is 7.28. The zero-order valence-electron chi connectivity index (χ0n) is 13.0. The maximum atomic E-state index is 13.9. The van der Waals surface area contributed by atoms with Crippen LogP contribution >= 0.6 is 23.2 Å². The lowest BCUT2D eigenvalue weighted by Crippen LogP contribution is -2.15. The molecule has 7 heteroatoms. The summed E-state index contributed by atoms with van der Waals surface area (Å²) < 4.78 is 15.5. The minimum atomic E-state index is -1.64. The van der Waals surface area contributed by atoms with Crippen LogP contribution in [0.15, 0.2) is 36.5 Å². The zero-order valence-corrected chi connectivity index (χ0v) is 14.5. The van der Waals surface area contributed by atoms with E-state index in [9.17, 15) is 14.0 Å². The third kappa shape index (κ3) is 3.25. The van der Waals surface area contributed by atoms with Gasteiger partial charge >= 0.3 is 5.97 Å². The summed E-state index contributed by atoms with van der Waals surface area (Å²) in [5.41, 5.74) is 1.62. The van der Waals surface area contributed by atoms with Gasteiger partial charge in [0.1, 0.15) is 5.82 Å². The van der Waals surface area contributed by atoms with E-state index < -0.39 is 17.6 Å². The van der Waals surface area contributed by atoms with Crippen LogP contribution in [0.25, 0.3) is 10.9 Å². The van der Waals surface area contributed by atoms with Gasteiger partial charge in [-0.25, -0.2) is 9.18 Å². The van der Waals surface area contributed by atoms with Gasteiger partial charge < -0.3 is 9.67 Å². The Kier molecular flexibility index (Phi) is 4.54. The number of hydrogen-bond acceptors (Lipinski definition) is 2. The lowest BCUT2D eigenvalue weighted by Gasteiger charge is -2.10. The highest BCUT2D eigenvalue weighted by Crippen LogP contribution is 2.29. The van der Waals surface area contributed by atoms with Gasteiger partial charge in [0, 0.05) is 28.2 Å². The summed E-state index contributed by atoms with van der Waals surface area (Å²) in [5, 5.41) is 10.4. The number of aryl methyl sites for hydroxylation is 1. The Morgan fingerprint density at radius 3 is 2.56 bits per heavy atom. The third-order valence-corrected chi connectivity index (χ3v) is 4.52. The number of carboxylic acids is 1. The molecule has 1 aromatic heterocycles. The first-order chi connectivity index (χ1) is 11.8. The second kappa shape index (κ2) is 6.50. The van der Waals surface area contributed by atoms with Crippen molar-refractivity contribution in [1.82, 2.24) is 4.57 Å². The highest BCUT2D eigenvalue weighted by atomic mass is 35.5. The fourth-order valence-corrected chi connectivity index (χ4v) is 3.29. The van der Waals surface area contributed by atoms with Crippen LogP contribution in [0.5, 0.6) is 0 Å². The normalized spacial score (nSPS) is 11.0. The maximum Gasteiger partial charge on any atom is 0.377 e. The molecule has 3 rings (SSSR count). The first-order valence-corrected chi connectivity index (χ1v) is 8.04. The Morgan fingerprint density at radius 2 is 1.92 bits per heavy atom. The van der Waals surface area contributed by atoms with Crippen molar-refractivity contribution in [3.05, 3.63) is 69.1 Å². The number of fused-ring (bicyclic) bond motifs is 1. The monoisotopic (exact) mass is 379 g/mol. The SMILES string of the molecule is Cc1cn(Cc2ccc(Cl)cc2Cl)c2c(C(=O)C(=O)O)cc(F)cc12. The molecular weight excluding hydrogens is 368 g/mol. The van der Waals surface area contributed by atoms with Gasteiger partial charge in [-0.3, -0.25) is 4.79 Å². The number of carbonyl (C=O) groups is 2. The molecule has 1 heterocycles. The number of carbonyl (C=O) groups excluding carboxylic acids is 1. The molecule has 0 saturated carbocycles. The number of aromatic nitrogens is 1. The van der Waals surface area contributed by atoms with E-state index in [1.165, 1.54) is 6.07 Å². The van der Waals surface area contributed by atoms with Crippen molar-refractivity contribution in [2.24, 2.45) is 0 Å². The van der Waals surface area contributed by atoms with Crippen LogP contribution < -0.4 is 0 Å². The van der Waals surface area contributed by atoms with Crippen LogP contribution in [0, 0.1) is 12.7 Å². The van der Waals surface area contributed by atoms with E-state index in [0.29, 0.717) is 20.9 Å². The molecule has 0 amide bonds. The summed E-state index contributed by atoms with van der Waals surface area (Å²) in [6, 6.07) is 7.25. The average Bonchev–Trinajstić information content (AvgIpc) is 2.84. The predicted octanol–water partition coefficient (Wildman–Crippen LogP) is 4.71. The minimum absolute atomic E-state index is 0.194. The molecule has 25 heavy (non-hydrogen) atoms. The van der Waals surface area contributed by atoms with Crippen molar-refractivity contribution in [2.75, 3.05) is 0 Å². The number of benzene rings is 2. The molecular formula is C18H12Cl2FNO3. The van der Waals surface area contributed by atoms with E-state index in [2.05, 4.69) is 0 Å². The average molecular weight is 380 g/mol. The van der Waals surface area contributed by atoms with Gasteiger partial charge in [-0.15, -0.1) is 0 Å². The van der Waals surface area contributed by atoms with Gasteiger partial charge in [-0.05, 0) is 42.3 Å². The third-order valence-electron chi connectivity index (χ3n) is 3.93. The minimum Gasteiger partial charge on any atom is -0.475 e. The number of rotatable bonds is 4. The van der Waals surface area contributed by atoms with E-state index in [0.717, 1.165) is 17.2 Å². The molecule has 2 aromatic carbocycles. The first kappa shape index (κ1) is 17.5. The summed E-state index contributed by atoms with van der Waals surface area (Å²) in [6.45, 7) is 2.04. The van der Waals surface area contributed by atoms with Crippen molar-refractivity contribution in [1.29, 1.82) is 0 Å². The molecule has 0 saturated heterocycles. The quantitative estimate of drug-likeness (QED) is 0.527. The highest BCUT2D eigenvalue weighted by molar-refractivity contribution is 6.42. The maximum absolute atomic E-state index is 13.9. The van der Waals surface area contributed by atoms with Crippen LogP contribution in [-0.4, -0.2) is 21.4 Å². The molecule has 0 unspecified atom stereocenters. The van der Waals surface area contributed by atoms with Crippen molar-refractivity contribution >= 4 is 45.9 Å². The molecule has 0 aliphatic carbocycles. The van der Waals surface area contributed by atoms with Crippen LogP contribution in [0.3, 0.4) is 0 Å². The van der Waals surface area contributed by atoms with Crippen LogP contribution in [0.1, 0.15) is 21.5 Å². The number of carboxylic acid groups (broad SMARTS) is 1. The zero-order chi connectivity index (χ0) is 18.3. The lowest BCUT2D eigenvalue weighted by molar-refractivity contribution is -0.131. The molecule has 128 valence electrons. The Morgan fingerprint density at radius 1 is 1.20 bits per heavy atom. The van der Waals surface area contributed by atoms with E-state index in [1.807, 2.05) is 0 Å². The van der Waals surface area contributed by atoms with Crippen molar-refractivity contribution in [2.45, 2.75) is 13.5 Å². The van der Waals surface area contributed by atoms with Crippen molar-refractivity contribution in [3.63, 3.8) is 0 Å². The second-order valence-corrected chi connectivity index (χ2v) is 6.50. The summed E-state index contributed by atoms with van der Waals surface area (Å²) in [4.78, 5) is 23.1. The lowest BCUT2D eigenvalue weighted by atomic mass is 10.1. The van der Waals surface area contributed by atoms with Crippen molar-refractivity contribution < 1.29 is 19.1 Å². The molecule has 3 aromatic rings. The predicted molar refractivity (Wildman–Crippen MR) is 94.2 cm³/mol. The van der Waals surface area contributed by atoms with E-state index in [4.69, 9.17) is 28.3 Å². The molecule has 0 fully saturated rings. The summed E-state index contributed by atoms with van der Waals surface area (Å²) in [6.07, 6.45) is 1.73. The fraction of sp³-hybridized carbons (Fsp3) is 0.111. The van der Waals surface area contributed by atoms with Gasteiger partial charge in [-0.1, -0.05) is 29.3 Å². The Labute approximate surface area is 152 Å². The van der Waals surface area contributed by atoms with E-state index in [1.54, 1.807) is 35.9 Å². The van der Waals surface area contributed by atoms with Gasteiger partial charge in [-0.2, -0.15) is 0 Å². The van der Waals surface area contributed by atoms with Crippen LogP contribution in [-0.2, 0) is 11.3 Å². The molecule has 4 nitrogen and oxygen atoms in total. The Bertz CT molecular complexity index is 1030.